The van der Waals surface area contributed by atoms with Gasteiger partial charge in [-0.25, -0.2) is 0 Å². The maximum absolute atomic E-state index is 11.4. The molecule has 0 saturated carbocycles. The highest BCUT2D eigenvalue weighted by molar-refractivity contribution is 7.98. The number of nitrogens with two attached hydrogens (primary N) is 1. The first-order valence-electron chi connectivity index (χ1n) is 6.55. The van der Waals surface area contributed by atoms with E-state index in [-0.39, 0.29) is 5.97 Å². The fourth-order valence-corrected chi connectivity index (χ4v) is 2.53. The van der Waals surface area contributed by atoms with Gasteiger partial charge in [0.25, 0.3) is 0 Å². The van der Waals surface area contributed by atoms with E-state index in [1.165, 1.54) is 11.8 Å². The van der Waals surface area contributed by atoms with Crippen molar-refractivity contribution in [2.45, 2.75) is 18.7 Å². The predicted octanol–water partition coefficient (Wildman–Crippen LogP) is 0.786. The average Bonchev–Trinajstić information content (AvgIpc) is 2.96. The summed E-state index contributed by atoms with van der Waals surface area (Å²) < 4.78 is 6.53. The Hall–Kier alpha value is -1.93. The number of esters is 1. The second kappa shape index (κ2) is 7.75. The summed E-state index contributed by atoms with van der Waals surface area (Å²) in [5.41, 5.74) is 6.63. The monoisotopic (exact) mass is 307 g/mol. The van der Waals surface area contributed by atoms with Crippen LogP contribution in [0.15, 0.2) is 30.3 Å². The SMILES string of the molecule is CCOC(=O)C(N)CSCc1nnnn1-c1ccccc1. The van der Waals surface area contributed by atoms with Crippen LogP contribution in [0.3, 0.4) is 0 Å². The largest absolute Gasteiger partial charge is 0.465 e. The molecule has 112 valence electrons. The van der Waals surface area contributed by atoms with Crippen molar-refractivity contribution in [2.24, 2.45) is 5.73 Å². The van der Waals surface area contributed by atoms with Crippen LogP contribution in [0, 0.1) is 0 Å². The van der Waals surface area contributed by atoms with Crippen LogP contribution in [-0.2, 0) is 15.3 Å². The molecule has 0 aliphatic rings. The van der Waals surface area contributed by atoms with Crippen molar-refractivity contribution in [1.29, 1.82) is 0 Å². The Morgan fingerprint density at radius 1 is 1.43 bits per heavy atom. The maximum Gasteiger partial charge on any atom is 0.323 e. The van der Waals surface area contributed by atoms with Crippen LogP contribution < -0.4 is 5.73 Å². The van der Waals surface area contributed by atoms with Gasteiger partial charge in [-0.15, -0.1) is 5.10 Å². The quantitative estimate of drug-likeness (QED) is 0.755. The molecule has 21 heavy (non-hydrogen) atoms. The first kappa shape index (κ1) is 15.5. The van der Waals surface area contributed by atoms with Gasteiger partial charge in [0.05, 0.1) is 18.0 Å². The Morgan fingerprint density at radius 3 is 2.90 bits per heavy atom. The lowest BCUT2D eigenvalue weighted by Crippen LogP contribution is -2.34. The van der Waals surface area contributed by atoms with Gasteiger partial charge in [0, 0.05) is 5.75 Å². The van der Waals surface area contributed by atoms with Crippen LogP contribution >= 0.6 is 11.8 Å². The van der Waals surface area contributed by atoms with Crippen LogP contribution in [0.4, 0.5) is 0 Å². The number of ether oxygens (including phenoxy) is 1. The van der Waals surface area contributed by atoms with E-state index in [0.717, 1.165) is 5.69 Å². The standard InChI is InChI=1S/C13H17N5O2S/c1-2-20-13(19)11(14)8-21-9-12-15-16-17-18(12)10-6-4-3-5-7-10/h3-7,11H,2,8-9,14H2,1H3. The second-order valence-corrected chi connectivity index (χ2v) is 5.25. The van der Waals surface area contributed by atoms with Crippen LogP contribution in [0.5, 0.6) is 0 Å². The normalized spacial score (nSPS) is 12.1. The Morgan fingerprint density at radius 2 is 2.19 bits per heavy atom. The van der Waals surface area contributed by atoms with E-state index in [1.54, 1.807) is 11.6 Å². The summed E-state index contributed by atoms with van der Waals surface area (Å²) in [5.74, 6) is 1.35. The lowest BCUT2D eigenvalue weighted by molar-refractivity contribution is -0.144. The van der Waals surface area contributed by atoms with Crippen molar-refractivity contribution in [3.63, 3.8) is 0 Å². The number of rotatable bonds is 7. The molecule has 0 radical (unpaired) electrons. The van der Waals surface area contributed by atoms with Gasteiger partial charge in [-0.1, -0.05) is 18.2 Å². The number of para-hydroxylation sites is 1. The molecule has 2 rings (SSSR count). The molecule has 1 heterocycles. The molecule has 7 nitrogen and oxygen atoms in total. The van der Waals surface area contributed by atoms with Gasteiger partial charge in [0.1, 0.15) is 6.04 Å². The van der Waals surface area contributed by atoms with Gasteiger partial charge in [0.2, 0.25) is 0 Å². The zero-order valence-corrected chi connectivity index (χ0v) is 12.5. The third-order valence-corrected chi connectivity index (χ3v) is 3.71. The molecule has 0 fully saturated rings. The van der Waals surface area contributed by atoms with E-state index < -0.39 is 6.04 Å². The maximum atomic E-state index is 11.4. The molecule has 0 aliphatic carbocycles. The minimum atomic E-state index is -0.629. The molecule has 8 heteroatoms. The average molecular weight is 307 g/mol. The van der Waals surface area contributed by atoms with Crippen molar-refractivity contribution in [3.05, 3.63) is 36.2 Å². The number of carbonyl (C=O) groups excluding carboxylic acids is 1. The lowest BCUT2D eigenvalue weighted by Gasteiger charge is -2.09. The van der Waals surface area contributed by atoms with Gasteiger partial charge in [0.15, 0.2) is 5.82 Å². The van der Waals surface area contributed by atoms with Gasteiger partial charge < -0.3 is 10.5 Å². The summed E-state index contributed by atoms with van der Waals surface area (Å²) in [7, 11) is 0. The predicted molar refractivity (Wildman–Crippen MR) is 79.9 cm³/mol. The Labute approximate surface area is 126 Å². The Kier molecular flexibility index (Phi) is 5.70. The van der Waals surface area contributed by atoms with Crippen LogP contribution in [0.1, 0.15) is 12.7 Å². The summed E-state index contributed by atoms with van der Waals surface area (Å²) in [6, 6.07) is 9.00. The summed E-state index contributed by atoms with van der Waals surface area (Å²) in [6.45, 7) is 2.09. The molecule has 1 atom stereocenters. The van der Waals surface area contributed by atoms with Crippen molar-refractivity contribution < 1.29 is 9.53 Å². The minimum Gasteiger partial charge on any atom is -0.465 e. The molecule has 0 saturated heterocycles. The van der Waals surface area contributed by atoms with Gasteiger partial charge >= 0.3 is 5.97 Å². The van der Waals surface area contributed by atoms with E-state index >= 15 is 0 Å². The fraction of sp³-hybridized carbons (Fsp3) is 0.385. The van der Waals surface area contributed by atoms with Crippen molar-refractivity contribution in [2.75, 3.05) is 12.4 Å². The molecule has 0 aliphatic heterocycles. The number of aromatic nitrogens is 4. The summed E-state index contributed by atoms with van der Waals surface area (Å²) >= 11 is 1.49. The smallest absolute Gasteiger partial charge is 0.323 e. The van der Waals surface area contributed by atoms with Crippen LogP contribution in [0.25, 0.3) is 5.69 Å². The number of carbonyl (C=O) groups is 1. The highest BCUT2D eigenvalue weighted by Gasteiger charge is 2.15. The van der Waals surface area contributed by atoms with E-state index in [4.69, 9.17) is 10.5 Å². The summed E-state index contributed by atoms with van der Waals surface area (Å²) in [4.78, 5) is 11.4. The highest BCUT2D eigenvalue weighted by Crippen LogP contribution is 2.14. The molecule has 2 aromatic rings. The van der Waals surface area contributed by atoms with Crippen LogP contribution in [0.2, 0.25) is 0 Å². The Balaban J connectivity index is 1.90. The first-order valence-corrected chi connectivity index (χ1v) is 7.70. The summed E-state index contributed by atoms with van der Waals surface area (Å²) in [6.07, 6.45) is 0. The highest BCUT2D eigenvalue weighted by atomic mass is 32.2. The molecule has 2 N–H and O–H groups in total. The molecular weight excluding hydrogens is 290 g/mol. The zero-order chi connectivity index (χ0) is 15.1. The Bertz CT molecular complexity index is 575. The molecule has 0 amide bonds. The van der Waals surface area contributed by atoms with E-state index in [2.05, 4.69) is 15.5 Å². The van der Waals surface area contributed by atoms with Crippen molar-refractivity contribution in [3.8, 4) is 5.69 Å². The fourth-order valence-electron chi connectivity index (χ4n) is 1.66. The zero-order valence-electron chi connectivity index (χ0n) is 11.7. The molecule has 0 bridgehead atoms. The number of benzene rings is 1. The van der Waals surface area contributed by atoms with Gasteiger partial charge in [-0.05, 0) is 29.5 Å². The van der Waals surface area contributed by atoms with Crippen LogP contribution in [-0.4, -0.2) is 44.6 Å². The third-order valence-electron chi connectivity index (χ3n) is 2.65. The third kappa shape index (κ3) is 4.27. The van der Waals surface area contributed by atoms with E-state index in [0.29, 0.717) is 23.9 Å². The number of nitrogens with zero attached hydrogens (tertiary/aromatic N) is 4. The molecule has 0 spiro atoms. The van der Waals surface area contributed by atoms with E-state index in [1.807, 2.05) is 30.3 Å². The number of hydrogen-bond donors (Lipinski definition) is 1. The second-order valence-electron chi connectivity index (χ2n) is 4.22. The van der Waals surface area contributed by atoms with Gasteiger partial charge in [-0.2, -0.15) is 16.4 Å². The topological polar surface area (TPSA) is 95.9 Å². The molecule has 1 aromatic heterocycles. The van der Waals surface area contributed by atoms with E-state index in [9.17, 15) is 4.79 Å². The molecule has 1 aromatic carbocycles. The van der Waals surface area contributed by atoms with Crippen molar-refractivity contribution >= 4 is 17.7 Å². The lowest BCUT2D eigenvalue weighted by atomic mass is 10.3. The molecule has 1 unspecified atom stereocenters. The molecular formula is C13H17N5O2S. The number of tetrazole rings is 1. The first-order chi connectivity index (χ1) is 10.2. The minimum absolute atomic E-state index is 0.337. The van der Waals surface area contributed by atoms with Crippen molar-refractivity contribution in [1.82, 2.24) is 20.2 Å². The number of thioether (sulfide) groups is 1. The number of hydrogen-bond acceptors (Lipinski definition) is 7. The van der Waals surface area contributed by atoms with Gasteiger partial charge in [-0.3, -0.25) is 4.79 Å². The summed E-state index contributed by atoms with van der Waals surface area (Å²) in [5, 5.41) is 11.7.